The van der Waals surface area contributed by atoms with Gasteiger partial charge in [0.25, 0.3) is 0 Å². The Bertz CT molecular complexity index is 274. The van der Waals surface area contributed by atoms with Gasteiger partial charge in [-0.25, -0.2) is 0 Å². The average Bonchev–Trinajstić information content (AvgIpc) is 2.41. The van der Waals surface area contributed by atoms with Crippen LogP contribution in [-0.4, -0.2) is 62.5 Å². The Kier molecular flexibility index (Phi) is 7.11. The van der Waals surface area contributed by atoms with Gasteiger partial charge in [0.2, 0.25) is 5.91 Å². The lowest BCUT2D eigenvalue weighted by Gasteiger charge is -2.33. The topological polar surface area (TPSA) is 35.6 Å². The van der Waals surface area contributed by atoms with E-state index in [1.807, 2.05) is 11.9 Å². The van der Waals surface area contributed by atoms with Crippen LogP contribution in [0.5, 0.6) is 0 Å². The maximum Gasteiger partial charge on any atom is 0.226 e. The van der Waals surface area contributed by atoms with Crippen LogP contribution in [-0.2, 0) is 4.79 Å². The summed E-state index contributed by atoms with van der Waals surface area (Å²) in [7, 11) is 4.16. The molecule has 2 aliphatic rings. The third-order valence-electron chi connectivity index (χ3n) is 4.39. The van der Waals surface area contributed by atoms with E-state index >= 15 is 0 Å². The van der Waals surface area contributed by atoms with Crippen molar-refractivity contribution >= 4 is 18.3 Å². The van der Waals surface area contributed by atoms with Gasteiger partial charge in [-0.15, -0.1) is 12.4 Å². The van der Waals surface area contributed by atoms with Crippen LogP contribution in [0, 0.1) is 11.8 Å². The Labute approximate surface area is 123 Å². The van der Waals surface area contributed by atoms with Gasteiger partial charge in [0.05, 0.1) is 5.92 Å². The molecule has 4 nitrogen and oxygen atoms in total. The van der Waals surface area contributed by atoms with Gasteiger partial charge in [0, 0.05) is 20.1 Å². The first kappa shape index (κ1) is 16.7. The van der Waals surface area contributed by atoms with Crippen LogP contribution >= 0.6 is 12.4 Å². The summed E-state index contributed by atoms with van der Waals surface area (Å²) in [6, 6.07) is 0. The predicted molar refractivity (Wildman–Crippen MR) is 80.7 cm³/mol. The highest BCUT2D eigenvalue weighted by Gasteiger charge is 2.26. The molecule has 0 aromatic carbocycles. The number of carbonyl (C=O) groups excluding carboxylic acids is 1. The molecule has 0 spiro atoms. The molecule has 1 atom stereocenters. The Morgan fingerprint density at radius 3 is 2.58 bits per heavy atom. The molecule has 0 unspecified atom stereocenters. The fraction of sp³-hybridized carbons (Fsp3) is 0.929. The number of amides is 1. The van der Waals surface area contributed by atoms with Crippen LogP contribution in [0.1, 0.15) is 25.7 Å². The number of nitrogens with zero attached hydrogens (tertiary/aromatic N) is 2. The van der Waals surface area contributed by atoms with E-state index < -0.39 is 0 Å². The third kappa shape index (κ3) is 4.93. The van der Waals surface area contributed by atoms with Gasteiger partial charge in [0.15, 0.2) is 0 Å². The van der Waals surface area contributed by atoms with Crippen molar-refractivity contribution in [1.82, 2.24) is 15.1 Å². The van der Waals surface area contributed by atoms with Crippen molar-refractivity contribution in [2.45, 2.75) is 25.7 Å². The summed E-state index contributed by atoms with van der Waals surface area (Å²) in [5, 5.41) is 3.33. The molecule has 1 amide bonds. The maximum absolute atomic E-state index is 12.3. The van der Waals surface area contributed by atoms with Crippen LogP contribution in [0.15, 0.2) is 0 Å². The molecule has 0 radical (unpaired) electrons. The smallest absolute Gasteiger partial charge is 0.226 e. The first-order chi connectivity index (χ1) is 8.66. The van der Waals surface area contributed by atoms with E-state index in [2.05, 4.69) is 17.3 Å². The van der Waals surface area contributed by atoms with Gasteiger partial charge in [-0.05, 0) is 58.3 Å². The minimum atomic E-state index is 0. The molecule has 19 heavy (non-hydrogen) atoms. The number of likely N-dealkylation sites (tertiary alicyclic amines) is 1. The van der Waals surface area contributed by atoms with Crippen LogP contribution in [0.2, 0.25) is 0 Å². The zero-order valence-corrected chi connectivity index (χ0v) is 13.0. The molecule has 2 saturated heterocycles. The van der Waals surface area contributed by atoms with E-state index in [-0.39, 0.29) is 18.3 Å². The largest absolute Gasteiger partial charge is 0.345 e. The summed E-state index contributed by atoms with van der Waals surface area (Å²) in [5.74, 6) is 1.27. The van der Waals surface area contributed by atoms with Crippen molar-refractivity contribution in [2.24, 2.45) is 11.8 Å². The van der Waals surface area contributed by atoms with Gasteiger partial charge in [0.1, 0.15) is 0 Å². The summed E-state index contributed by atoms with van der Waals surface area (Å²) in [6.45, 7) is 5.25. The van der Waals surface area contributed by atoms with E-state index in [0.717, 1.165) is 32.5 Å². The number of nitrogens with one attached hydrogen (secondary N) is 1. The molecule has 2 fully saturated rings. The minimum absolute atomic E-state index is 0. The molecule has 0 aromatic heterocycles. The lowest BCUT2D eigenvalue weighted by Crippen LogP contribution is -2.44. The molecule has 2 heterocycles. The standard InChI is InChI=1S/C14H27N3O.ClH/c1-16-8-5-12(6-9-16)11-17(2)14(18)13-4-3-7-15-10-13;/h12-13,15H,3-11H2,1-2H3;1H/t13-;/m1./s1. The zero-order chi connectivity index (χ0) is 13.0. The second kappa shape index (κ2) is 8.08. The van der Waals surface area contributed by atoms with E-state index in [9.17, 15) is 4.79 Å². The monoisotopic (exact) mass is 289 g/mol. The van der Waals surface area contributed by atoms with Crippen molar-refractivity contribution in [3.05, 3.63) is 0 Å². The zero-order valence-electron chi connectivity index (χ0n) is 12.2. The Morgan fingerprint density at radius 1 is 1.32 bits per heavy atom. The van der Waals surface area contributed by atoms with Crippen molar-refractivity contribution < 1.29 is 4.79 Å². The predicted octanol–water partition coefficient (Wildman–Crippen LogP) is 1.21. The second-order valence-corrected chi connectivity index (χ2v) is 6.01. The molecule has 0 aromatic rings. The van der Waals surface area contributed by atoms with E-state index in [0.29, 0.717) is 11.8 Å². The quantitative estimate of drug-likeness (QED) is 0.848. The number of carbonyl (C=O) groups is 1. The molecule has 0 aliphatic carbocycles. The van der Waals surface area contributed by atoms with Gasteiger partial charge in [-0.3, -0.25) is 4.79 Å². The highest BCUT2D eigenvalue weighted by Crippen LogP contribution is 2.19. The number of halogens is 1. The van der Waals surface area contributed by atoms with Crippen LogP contribution in [0.25, 0.3) is 0 Å². The molecule has 0 saturated carbocycles. The van der Waals surface area contributed by atoms with Crippen LogP contribution in [0.3, 0.4) is 0 Å². The summed E-state index contributed by atoms with van der Waals surface area (Å²) < 4.78 is 0. The molecule has 5 heteroatoms. The van der Waals surface area contributed by atoms with Crippen molar-refractivity contribution in [3.63, 3.8) is 0 Å². The molecule has 0 bridgehead atoms. The molecular formula is C14H28ClN3O. The first-order valence-corrected chi connectivity index (χ1v) is 7.31. The molecule has 112 valence electrons. The minimum Gasteiger partial charge on any atom is -0.345 e. The van der Waals surface area contributed by atoms with Crippen molar-refractivity contribution in [1.29, 1.82) is 0 Å². The lowest BCUT2D eigenvalue weighted by molar-refractivity contribution is -0.135. The summed E-state index contributed by atoms with van der Waals surface area (Å²) in [5.41, 5.74) is 0. The molecular weight excluding hydrogens is 262 g/mol. The molecule has 2 rings (SSSR count). The summed E-state index contributed by atoms with van der Waals surface area (Å²) in [6.07, 6.45) is 4.66. The average molecular weight is 290 g/mol. The van der Waals surface area contributed by atoms with Gasteiger partial charge >= 0.3 is 0 Å². The molecule has 2 aliphatic heterocycles. The maximum atomic E-state index is 12.3. The fourth-order valence-electron chi connectivity index (χ4n) is 3.10. The highest BCUT2D eigenvalue weighted by molar-refractivity contribution is 5.85. The Balaban J connectivity index is 0.00000180. The number of hydrogen-bond acceptors (Lipinski definition) is 3. The Hall–Kier alpha value is -0.320. The van der Waals surface area contributed by atoms with E-state index in [1.54, 1.807) is 0 Å². The van der Waals surface area contributed by atoms with Crippen molar-refractivity contribution in [3.8, 4) is 0 Å². The normalized spacial score (nSPS) is 25.7. The van der Waals surface area contributed by atoms with Gasteiger partial charge in [-0.1, -0.05) is 0 Å². The first-order valence-electron chi connectivity index (χ1n) is 7.31. The molecule has 1 N–H and O–H groups in total. The SMILES string of the molecule is CN1CCC(CN(C)C(=O)[C@@H]2CCCNC2)CC1.Cl. The van der Waals surface area contributed by atoms with Gasteiger partial charge in [-0.2, -0.15) is 0 Å². The number of piperidine rings is 2. The number of rotatable bonds is 3. The lowest BCUT2D eigenvalue weighted by atomic mass is 9.94. The summed E-state index contributed by atoms with van der Waals surface area (Å²) >= 11 is 0. The van der Waals surface area contributed by atoms with Crippen LogP contribution in [0.4, 0.5) is 0 Å². The van der Waals surface area contributed by atoms with Crippen molar-refractivity contribution in [2.75, 3.05) is 46.8 Å². The van der Waals surface area contributed by atoms with Gasteiger partial charge < -0.3 is 15.1 Å². The fourth-order valence-corrected chi connectivity index (χ4v) is 3.10. The highest BCUT2D eigenvalue weighted by atomic mass is 35.5. The number of hydrogen-bond donors (Lipinski definition) is 1. The van der Waals surface area contributed by atoms with E-state index in [4.69, 9.17) is 0 Å². The van der Waals surface area contributed by atoms with E-state index in [1.165, 1.54) is 25.9 Å². The Morgan fingerprint density at radius 2 is 2.00 bits per heavy atom. The second-order valence-electron chi connectivity index (χ2n) is 6.01. The third-order valence-corrected chi connectivity index (χ3v) is 4.39. The van der Waals surface area contributed by atoms with Crippen LogP contribution < -0.4 is 5.32 Å². The summed E-state index contributed by atoms with van der Waals surface area (Å²) in [4.78, 5) is 16.7.